The van der Waals surface area contributed by atoms with E-state index in [-0.39, 0.29) is 17.3 Å². The Balaban J connectivity index is 2.06. The molecule has 8 heteroatoms. The number of halogens is 1. The van der Waals surface area contributed by atoms with Gasteiger partial charge in [-0.15, -0.1) is 0 Å². The van der Waals surface area contributed by atoms with Crippen LogP contribution in [0, 0.1) is 0 Å². The number of hydrogen-bond donors (Lipinski definition) is 2. The summed E-state index contributed by atoms with van der Waals surface area (Å²) < 4.78 is 23.1. The number of carbonyl (C=O) groups is 1. The van der Waals surface area contributed by atoms with Crippen LogP contribution in [0.4, 0.5) is 5.69 Å². The van der Waals surface area contributed by atoms with E-state index in [4.69, 9.17) is 11.6 Å². The van der Waals surface area contributed by atoms with Gasteiger partial charge in [-0.3, -0.25) is 9.69 Å². The van der Waals surface area contributed by atoms with E-state index in [0.29, 0.717) is 10.7 Å². The predicted octanol–water partition coefficient (Wildman–Crippen LogP) is 0.587. The number of rotatable bonds is 4. The Morgan fingerprint density at radius 2 is 2.05 bits per heavy atom. The Morgan fingerprint density at radius 1 is 1.38 bits per heavy atom. The summed E-state index contributed by atoms with van der Waals surface area (Å²) in [6.07, 6.45) is 1.11. The number of nitrogens with zero attached hydrogens (tertiary/aromatic N) is 1. The highest BCUT2D eigenvalue weighted by Gasteiger charge is 2.16. The second-order valence-corrected chi connectivity index (χ2v) is 7.41. The third kappa shape index (κ3) is 4.67. The molecule has 0 atom stereocenters. The Bertz CT molecular complexity index is 628. The minimum atomic E-state index is -3.33. The van der Waals surface area contributed by atoms with Crippen LogP contribution in [0.5, 0.6) is 0 Å². The summed E-state index contributed by atoms with van der Waals surface area (Å²) in [6.45, 7) is 3.60. The highest BCUT2D eigenvalue weighted by Crippen LogP contribution is 2.25. The van der Waals surface area contributed by atoms with Crippen LogP contribution >= 0.6 is 11.6 Å². The summed E-state index contributed by atoms with van der Waals surface area (Å²) in [6, 6.07) is 4.27. The SMILES string of the molecule is CS(=O)(=O)c1ccc(Cl)c(NC(=O)CN2CCNCC2)c1. The van der Waals surface area contributed by atoms with E-state index >= 15 is 0 Å². The van der Waals surface area contributed by atoms with Crippen molar-refractivity contribution in [2.75, 3.05) is 44.3 Å². The van der Waals surface area contributed by atoms with Gasteiger partial charge in [-0.1, -0.05) is 11.6 Å². The number of sulfone groups is 1. The summed E-state index contributed by atoms with van der Waals surface area (Å²) in [7, 11) is -3.33. The summed E-state index contributed by atoms with van der Waals surface area (Å²) >= 11 is 6.00. The zero-order valence-corrected chi connectivity index (χ0v) is 13.3. The van der Waals surface area contributed by atoms with E-state index in [1.807, 2.05) is 4.90 Å². The van der Waals surface area contributed by atoms with Crippen LogP contribution in [0.2, 0.25) is 5.02 Å². The number of amides is 1. The number of piperazine rings is 1. The Kier molecular flexibility index (Phi) is 5.21. The molecule has 0 radical (unpaired) electrons. The van der Waals surface area contributed by atoms with Crippen molar-refractivity contribution in [3.05, 3.63) is 23.2 Å². The smallest absolute Gasteiger partial charge is 0.238 e. The lowest BCUT2D eigenvalue weighted by molar-refractivity contribution is -0.117. The van der Waals surface area contributed by atoms with Gasteiger partial charge in [0.2, 0.25) is 5.91 Å². The minimum absolute atomic E-state index is 0.129. The second-order valence-electron chi connectivity index (χ2n) is 4.99. The Labute approximate surface area is 129 Å². The quantitative estimate of drug-likeness (QED) is 0.844. The maximum absolute atomic E-state index is 12.0. The van der Waals surface area contributed by atoms with Crippen molar-refractivity contribution in [1.82, 2.24) is 10.2 Å². The average molecular weight is 332 g/mol. The largest absolute Gasteiger partial charge is 0.324 e. The zero-order chi connectivity index (χ0) is 15.5. The first-order valence-electron chi connectivity index (χ1n) is 6.59. The molecule has 1 aliphatic heterocycles. The van der Waals surface area contributed by atoms with Crippen molar-refractivity contribution in [2.24, 2.45) is 0 Å². The Morgan fingerprint density at radius 3 is 2.67 bits per heavy atom. The second kappa shape index (κ2) is 6.74. The van der Waals surface area contributed by atoms with E-state index in [0.717, 1.165) is 32.4 Å². The van der Waals surface area contributed by atoms with Gasteiger partial charge in [-0.05, 0) is 18.2 Å². The van der Waals surface area contributed by atoms with Crippen molar-refractivity contribution in [3.8, 4) is 0 Å². The highest BCUT2D eigenvalue weighted by atomic mass is 35.5. The molecule has 1 aliphatic rings. The minimum Gasteiger partial charge on any atom is -0.324 e. The van der Waals surface area contributed by atoms with Gasteiger partial charge in [-0.25, -0.2) is 8.42 Å². The molecule has 2 rings (SSSR count). The molecule has 116 valence electrons. The molecule has 1 fully saturated rings. The molecule has 1 saturated heterocycles. The molecule has 6 nitrogen and oxygen atoms in total. The number of nitrogens with one attached hydrogen (secondary N) is 2. The van der Waals surface area contributed by atoms with Gasteiger partial charge in [0.05, 0.1) is 22.2 Å². The first-order chi connectivity index (χ1) is 9.86. The molecule has 0 bridgehead atoms. The molecule has 0 saturated carbocycles. The number of anilines is 1. The maximum atomic E-state index is 12.0. The van der Waals surface area contributed by atoms with Crippen LogP contribution in [0.25, 0.3) is 0 Å². The van der Waals surface area contributed by atoms with Gasteiger partial charge in [0, 0.05) is 32.4 Å². The molecule has 21 heavy (non-hydrogen) atoms. The molecule has 2 N–H and O–H groups in total. The number of benzene rings is 1. The molecule has 0 aliphatic carbocycles. The molecule has 1 aromatic carbocycles. The Hall–Kier alpha value is -1.15. The number of carbonyl (C=O) groups excluding carboxylic acids is 1. The van der Waals surface area contributed by atoms with Gasteiger partial charge < -0.3 is 10.6 Å². The first-order valence-corrected chi connectivity index (χ1v) is 8.86. The van der Waals surface area contributed by atoms with Crippen molar-refractivity contribution in [3.63, 3.8) is 0 Å². The van der Waals surface area contributed by atoms with Crippen LogP contribution in [0.15, 0.2) is 23.1 Å². The third-order valence-electron chi connectivity index (χ3n) is 3.22. The van der Waals surface area contributed by atoms with E-state index in [1.54, 1.807) is 0 Å². The van der Waals surface area contributed by atoms with Crippen LogP contribution in [-0.4, -0.2) is 58.2 Å². The summed E-state index contributed by atoms with van der Waals surface area (Å²) in [4.78, 5) is 14.2. The molecule has 1 aromatic rings. The summed E-state index contributed by atoms with van der Waals surface area (Å²) in [5.74, 6) is -0.204. The third-order valence-corrected chi connectivity index (χ3v) is 4.66. The fraction of sp³-hybridized carbons (Fsp3) is 0.462. The summed E-state index contributed by atoms with van der Waals surface area (Å²) in [5.41, 5.74) is 0.319. The molecular formula is C13H18ClN3O3S. The highest BCUT2D eigenvalue weighted by molar-refractivity contribution is 7.90. The van der Waals surface area contributed by atoms with Gasteiger partial charge in [0.15, 0.2) is 9.84 Å². The van der Waals surface area contributed by atoms with Crippen LogP contribution in [-0.2, 0) is 14.6 Å². The maximum Gasteiger partial charge on any atom is 0.238 e. The van der Waals surface area contributed by atoms with E-state index < -0.39 is 9.84 Å². The van der Waals surface area contributed by atoms with Crippen molar-refractivity contribution < 1.29 is 13.2 Å². The van der Waals surface area contributed by atoms with Crippen LogP contribution in [0.1, 0.15) is 0 Å². The van der Waals surface area contributed by atoms with Gasteiger partial charge in [0.25, 0.3) is 0 Å². The average Bonchev–Trinajstić information content (AvgIpc) is 2.41. The fourth-order valence-corrected chi connectivity index (χ4v) is 2.90. The van der Waals surface area contributed by atoms with Gasteiger partial charge in [0.1, 0.15) is 0 Å². The van der Waals surface area contributed by atoms with Gasteiger partial charge >= 0.3 is 0 Å². The lowest BCUT2D eigenvalue weighted by atomic mass is 10.3. The lowest BCUT2D eigenvalue weighted by Gasteiger charge is -2.26. The van der Waals surface area contributed by atoms with Crippen molar-refractivity contribution in [2.45, 2.75) is 4.90 Å². The first kappa shape index (κ1) is 16.2. The molecule has 0 spiro atoms. The number of hydrogen-bond acceptors (Lipinski definition) is 5. The van der Waals surface area contributed by atoms with Crippen LogP contribution < -0.4 is 10.6 Å². The standard InChI is InChI=1S/C13H18ClN3O3S/c1-21(19,20)10-2-3-11(14)12(8-10)16-13(18)9-17-6-4-15-5-7-17/h2-3,8,15H,4-7,9H2,1H3,(H,16,18). The predicted molar refractivity (Wildman–Crippen MR) is 82.5 cm³/mol. The molecule has 1 amide bonds. The topological polar surface area (TPSA) is 78.5 Å². The van der Waals surface area contributed by atoms with E-state index in [9.17, 15) is 13.2 Å². The van der Waals surface area contributed by atoms with Crippen molar-refractivity contribution in [1.29, 1.82) is 0 Å². The van der Waals surface area contributed by atoms with E-state index in [1.165, 1.54) is 18.2 Å². The molecule has 1 heterocycles. The monoisotopic (exact) mass is 331 g/mol. The molecule has 0 aromatic heterocycles. The zero-order valence-electron chi connectivity index (χ0n) is 11.7. The fourth-order valence-electron chi connectivity index (χ4n) is 2.09. The normalized spacial score (nSPS) is 16.7. The summed E-state index contributed by atoms with van der Waals surface area (Å²) in [5, 5.41) is 6.20. The lowest BCUT2D eigenvalue weighted by Crippen LogP contribution is -2.46. The van der Waals surface area contributed by atoms with Crippen molar-refractivity contribution >= 4 is 33.0 Å². The van der Waals surface area contributed by atoms with Gasteiger partial charge in [-0.2, -0.15) is 0 Å². The van der Waals surface area contributed by atoms with Crippen LogP contribution in [0.3, 0.4) is 0 Å². The van der Waals surface area contributed by atoms with E-state index in [2.05, 4.69) is 10.6 Å². The molecule has 0 unspecified atom stereocenters. The molecular weight excluding hydrogens is 314 g/mol.